The Bertz CT molecular complexity index is 712. The maximum absolute atomic E-state index is 11.8. The Morgan fingerprint density at radius 1 is 0.960 bits per heavy atom. The van der Waals surface area contributed by atoms with Crippen molar-refractivity contribution in [2.75, 3.05) is 18.4 Å². The Balaban J connectivity index is 1.68. The normalized spacial score (nSPS) is 10.1. The molecule has 2 rings (SSSR count). The molecule has 0 spiro atoms. The van der Waals surface area contributed by atoms with E-state index in [1.54, 1.807) is 17.5 Å². The van der Waals surface area contributed by atoms with Gasteiger partial charge < -0.3 is 16.0 Å². The van der Waals surface area contributed by atoms with Crippen molar-refractivity contribution in [1.82, 2.24) is 10.6 Å². The van der Waals surface area contributed by atoms with Gasteiger partial charge in [0.05, 0.1) is 18.0 Å². The number of benzene rings is 1. The highest BCUT2D eigenvalue weighted by Gasteiger charge is 2.10. The first-order valence-electron chi connectivity index (χ1n) is 8.05. The third kappa shape index (κ3) is 6.39. The summed E-state index contributed by atoms with van der Waals surface area (Å²) in [5.41, 5.74) is 1.90. The first kappa shape index (κ1) is 18.7. The number of aryl methyl sites for hydroxylation is 1. The molecular weight excluding hydrogens is 338 g/mol. The minimum atomic E-state index is -0.418. The molecule has 3 N–H and O–H groups in total. The minimum Gasteiger partial charge on any atom is -0.345 e. The molecule has 3 amide bonds. The second-order valence-electron chi connectivity index (χ2n) is 5.43. The number of hydrogen-bond donors (Lipinski definition) is 3. The van der Waals surface area contributed by atoms with Crippen molar-refractivity contribution < 1.29 is 14.4 Å². The summed E-state index contributed by atoms with van der Waals surface area (Å²) in [6.07, 6.45) is 2.07. The molecule has 1 aromatic heterocycles. The van der Waals surface area contributed by atoms with E-state index >= 15 is 0 Å². The predicted octanol–water partition coefficient (Wildman–Crippen LogP) is 2.19. The van der Waals surface area contributed by atoms with Gasteiger partial charge in [0, 0.05) is 5.69 Å². The maximum Gasteiger partial charge on any atom is 0.261 e. The molecule has 0 fully saturated rings. The van der Waals surface area contributed by atoms with Gasteiger partial charge in [-0.25, -0.2) is 0 Å². The van der Waals surface area contributed by atoms with E-state index < -0.39 is 5.91 Å². The quantitative estimate of drug-likeness (QED) is 0.675. The van der Waals surface area contributed by atoms with Gasteiger partial charge in [-0.15, -0.1) is 11.3 Å². The fraction of sp³-hybridized carbons (Fsp3) is 0.278. The molecular formula is C18H21N3O3S. The van der Waals surface area contributed by atoms with Gasteiger partial charge in [-0.1, -0.05) is 31.5 Å². The van der Waals surface area contributed by atoms with Gasteiger partial charge in [-0.2, -0.15) is 0 Å². The van der Waals surface area contributed by atoms with E-state index in [-0.39, 0.29) is 24.9 Å². The van der Waals surface area contributed by atoms with E-state index in [1.165, 1.54) is 16.9 Å². The standard InChI is InChI=1S/C18H21N3O3S/c1-2-4-13-6-8-14(9-7-13)21-17(23)12-19-16(22)11-20-18(24)15-5-3-10-25-15/h3,5-10H,2,4,11-12H2,1H3,(H,19,22)(H,20,24)(H,21,23). The predicted molar refractivity (Wildman–Crippen MR) is 98.7 cm³/mol. The lowest BCUT2D eigenvalue weighted by atomic mass is 10.1. The molecule has 25 heavy (non-hydrogen) atoms. The molecule has 0 saturated carbocycles. The first-order valence-corrected chi connectivity index (χ1v) is 8.93. The average Bonchev–Trinajstić information content (AvgIpc) is 3.14. The van der Waals surface area contributed by atoms with Crippen LogP contribution in [0.25, 0.3) is 0 Å². The summed E-state index contributed by atoms with van der Waals surface area (Å²) in [6, 6.07) is 11.1. The van der Waals surface area contributed by atoms with Crippen molar-refractivity contribution >= 4 is 34.7 Å². The average molecular weight is 359 g/mol. The van der Waals surface area contributed by atoms with Crippen LogP contribution in [0.5, 0.6) is 0 Å². The van der Waals surface area contributed by atoms with Crippen molar-refractivity contribution in [2.24, 2.45) is 0 Å². The number of amides is 3. The monoisotopic (exact) mass is 359 g/mol. The molecule has 132 valence electrons. The SMILES string of the molecule is CCCc1ccc(NC(=O)CNC(=O)CNC(=O)c2cccs2)cc1. The van der Waals surface area contributed by atoms with E-state index in [1.807, 2.05) is 24.3 Å². The van der Waals surface area contributed by atoms with Crippen molar-refractivity contribution in [3.63, 3.8) is 0 Å². The van der Waals surface area contributed by atoms with Gasteiger partial charge >= 0.3 is 0 Å². The van der Waals surface area contributed by atoms with Gasteiger partial charge in [0.25, 0.3) is 5.91 Å². The molecule has 0 aliphatic rings. The highest BCUT2D eigenvalue weighted by atomic mass is 32.1. The van der Waals surface area contributed by atoms with Crippen LogP contribution < -0.4 is 16.0 Å². The van der Waals surface area contributed by atoms with Crippen molar-refractivity contribution in [2.45, 2.75) is 19.8 Å². The van der Waals surface area contributed by atoms with E-state index in [4.69, 9.17) is 0 Å². The molecule has 1 aromatic carbocycles. The Morgan fingerprint density at radius 2 is 1.68 bits per heavy atom. The number of nitrogens with one attached hydrogen (secondary N) is 3. The summed E-state index contributed by atoms with van der Waals surface area (Å²) < 4.78 is 0. The van der Waals surface area contributed by atoms with Gasteiger partial charge in [-0.3, -0.25) is 14.4 Å². The van der Waals surface area contributed by atoms with Gasteiger partial charge in [-0.05, 0) is 35.6 Å². The van der Waals surface area contributed by atoms with Crippen LogP contribution >= 0.6 is 11.3 Å². The minimum absolute atomic E-state index is 0.148. The molecule has 6 nitrogen and oxygen atoms in total. The first-order chi connectivity index (χ1) is 12.1. The summed E-state index contributed by atoms with van der Waals surface area (Å²) in [7, 11) is 0. The zero-order valence-corrected chi connectivity index (χ0v) is 14.8. The van der Waals surface area contributed by atoms with E-state index in [2.05, 4.69) is 22.9 Å². The number of carbonyl (C=O) groups excluding carboxylic acids is 3. The second kappa shape index (κ2) is 9.58. The van der Waals surface area contributed by atoms with Gasteiger partial charge in [0.2, 0.25) is 11.8 Å². The van der Waals surface area contributed by atoms with Crippen molar-refractivity contribution in [3.05, 3.63) is 52.2 Å². The van der Waals surface area contributed by atoms with Crippen LogP contribution in [-0.4, -0.2) is 30.8 Å². The van der Waals surface area contributed by atoms with Crippen LogP contribution in [0.4, 0.5) is 5.69 Å². The molecule has 0 aliphatic heterocycles. The highest BCUT2D eigenvalue weighted by molar-refractivity contribution is 7.12. The lowest BCUT2D eigenvalue weighted by Crippen LogP contribution is -2.40. The molecule has 0 radical (unpaired) electrons. The second-order valence-corrected chi connectivity index (χ2v) is 6.38. The number of rotatable bonds is 8. The summed E-state index contributed by atoms with van der Waals surface area (Å²) in [6.45, 7) is 1.79. The topological polar surface area (TPSA) is 87.3 Å². The van der Waals surface area contributed by atoms with Crippen LogP contribution in [0.15, 0.2) is 41.8 Å². The van der Waals surface area contributed by atoms with Crippen molar-refractivity contribution in [3.8, 4) is 0 Å². The molecule has 0 saturated heterocycles. The molecule has 0 unspecified atom stereocenters. The van der Waals surface area contributed by atoms with Crippen LogP contribution in [0.2, 0.25) is 0 Å². The molecule has 7 heteroatoms. The molecule has 1 heterocycles. The summed E-state index contributed by atoms with van der Waals surface area (Å²) in [5.74, 6) is -1.04. The summed E-state index contributed by atoms with van der Waals surface area (Å²) in [5, 5.41) is 9.48. The Morgan fingerprint density at radius 3 is 2.32 bits per heavy atom. The van der Waals surface area contributed by atoms with Crippen molar-refractivity contribution in [1.29, 1.82) is 0 Å². The lowest BCUT2D eigenvalue weighted by Gasteiger charge is -2.08. The molecule has 2 aromatic rings. The number of thiophene rings is 1. The largest absolute Gasteiger partial charge is 0.345 e. The Labute approximate surface area is 150 Å². The molecule has 0 aliphatic carbocycles. The molecule has 0 atom stereocenters. The fourth-order valence-corrected chi connectivity index (χ4v) is 2.79. The Hall–Kier alpha value is -2.67. The van der Waals surface area contributed by atoms with Gasteiger partial charge in [0.15, 0.2) is 0 Å². The summed E-state index contributed by atoms with van der Waals surface area (Å²) in [4.78, 5) is 35.8. The number of carbonyl (C=O) groups is 3. The Kier molecular flexibility index (Phi) is 7.16. The van der Waals surface area contributed by atoms with Crippen LogP contribution in [-0.2, 0) is 16.0 Å². The van der Waals surface area contributed by atoms with Crippen LogP contribution in [0.3, 0.4) is 0 Å². The third-order valence-electron chi connectivity index (χ3n) is 3.38. The van der Waals surface area contributed by atoms with Crippen LogP contribution in [0, 0.1) is 0 Å². The zero-order chi connectivity index (χ0) is 18.1. The van der Waals surface area contributed by atoms with E-state index in [0.717, 1.165) is 12.8 Å². The maximum atomic E-state index is 11.8. The lowest BCUT2D eigenvalue weighted by molar-refractivity contribution is -0.123. The van der Waals surface area contributed by atoms with E-state index in [9.17, 15) is 14.4 Å². The van der Waals surface area contributed by atoms with Crippen LogP contribution in [0.1, 0.15) is 28.6 Å². The number of anilines is 1. The highest BCUT2D eigenvalue weighted by Crippen LogP contribution is 2.10. The zero-order valence-electron chi connectivity index (χ0n) is 14.0. The van der Waals surface area contributed by atoms with E-state index in [0.29, 0.717) is 10.6 Å². The molecule has 0 bridgehead atoms. The fourth-order valence-electron chi connectivity index (χ4n) is 2.15. The van der Waals surface area contributed by atoms with Gasteiger partial charge in [0.1, 0.15) is 0 Å². The summed E-state index contributed by atoms with van der Waals surface area (Å²) >= 11 is 1.30. The number of hydrogen-bond acceptors (Lipinski definition) is 4. The smallest absolute Gasteiger partial charge is 0.261 e. The third-order valence-corrected chi connectivity index (χ3v) is 4.25.